The number of hydrogen-bond donors (Lipinski definition) is 1. The van der Waals surface area contributed by atoms with Crippen LogP contribution in [0.25, 0.3) is 0 Å². The second-order valence-electron chi connectivity index (χ2n) is 4.33. The monoisotopic (exact) mass is 164 g/mol. The van der Waals surface area contributed by atoms with Crippen LogP contribution in [0.4, 0.5) is 0 Å². The van der Waals surface area contributed by atoms with Gasteiger partial charge in [-0.2, -0.15) is 5.26 Å². The number of rotatable bonds is 0. The smallest absolute Gasteiger partial charge is 0.0958 e. The van der Waals surface area contributed by atoms with E-state index in [2.05, 4.69) is 11.4 Å². The number of hydrogen-bond acceptors (Lipinski definition) is 2. The third-order valence-electron chi connectivity index (χ3n) is 3.43. The third kappa shape index (κ3) is 1.34. The first kappa shape index (κ1) is 8.07. The molecule has 1 heterocycles. The lowest BCUT2D eigenvalue weighted by Crippen LogP contribution is -2.26. The molecule has 2 fully saturated rings. The molecule has 12 heavy (non-hydrogen) atoms. The van der Waals surface area contributed by atoms with Crippen molar-refractivity contribution in [3.05, 3.63) is 0 Å². The summed E-state index contributed by atoms with van der Waals surface area (Å²) in [6.07, 6.45) is 7.94. The van der Waals surface area contributed by atoms with Gasteiger partial charge in [0, 0.05) is 6.54 Å². The fraction of sp³-hybridized carbons (Fsp3) is 0.900. The number of nitrogens with one attached hydrogen (secondary N) is 1. The Labute approximate surface area is 74.0 Å². The van der Waals surface area contributed by atoms with Gasteiger partial charge in [-0.15, -0.1) is 0 Å². The highest BCUT2D eigenvalue weighted by Crippen LogP contribution is 2.42. The molecule has 1 saturated heterocycles. The van der Waals surface area contributed by atoms with Crippen molar-refractivity contribution in [2.24, 2.45) is 5.41 Å². The molecule has 1 aliphatic carbocycles. The molecule has 2 heteroatoms. The molecule has 0 amide bonds. The molecule has 0 bridgehead atoms. The molecule has 0 aromatic carbocycles. The molecule has 66 valence electrons. The highest BCUT2D eigenvalue weighted by molar-refractivity contribution is 5.03. The van der Waals surface area contributed by atoms with Crippen molar-refractivity contribution >= 4 is 0 Å². The third-order valence-corrected chi connectivity index (χ3v) is 3.43. The molecule has 1 atom stereocenters. The first-order chi connectivity index (χ1) is 5.85. The van der Waals surface area contributed by atoms with Crippen LogP contribution in [-0.2, 0) is 0 Å². The van der Waals surface area contributed by atoms with Gasteiger partial charge in [0.25, 0.3) is 0 Å². The molecule has 1 saturated carbocycles. The molecule has 0 unspecified atom stereocenters. The van der Waals surface area contributed by atoms with E-state index < -0.39 is 0 Å². The summed E-state index contributed by atoms with van der Waals surface area (Å²) in [6.45, 7) is 1.09. The molecule has 2 rings (SSSR count). The van der Waals surface area contributed by atoms with Crippen molar-refractivity contribution in [3.8, 4) is 6.07 Å². The molecule has 1 N–H and O–H groups in total. The van der Waals surface area contributed by atoms with Crippen molar-refractivity contribution in [1.82, 2.24) is 5.32 Å². The summed E-state index contributed by atoms with van der Waals surface area (Å²) in [6, 6.07) is 2.47. The minimum absolute atomic E-state index is 0.142. The Hall–Kier alpha value is -0.550. The zero-order chi connectivity index (χ0) is 8.44. The van der Waals surface area contributed by atoms with E-state index in [4.69, 9.17) is 5.26 Å². The Bertz CT molecular complexity index is 198. The minimum Gasteiger partial charge on any atom is -0.301 e. The van der Waals surface area contributed by atoms with Crippen LogP contribution in [0.2, 0.25) is 0 Å². The molecule has 0 aromatic heterocycles. The van der Waals surface area contributed by atoms with Crippen molar-refractivity contribution < 1.29 is 0 Å². The normalized spacial score (nSPS) is 33.4. The zero-order valence-electron chi connectivity index (χ0n) is 7.47. The largest absolute Gasteiger partial charge is 0.301 e. The highest BCUT2D eigenvalue weighted by atomic mass is 15.0. The van der Waals surface area contributed by atoms with Gasteiger partial charge < -0.3 is 5.32 Å². The van der Waals surface area contributed by atoms with Crippen LogP contribution in [0, 0.1) is 16.7 Å². The predicted octanol–water partition coefficient (Wildman–Crippen LogP) is 1.82. The van der Waals surface area contributed by atoms with Crippen LogP contribution in [-0.4, -0.2) is 12.6 Å². The molecule has 2 aliphatic rings. The van der Waals surface area contributed by atoms with Gasteiger partial charge in [0.05, 0.1) is 12.1 Å². The molecule has 0 radical (unpaired) electrons. The van der Waals surface area contributed by atoms with E-state index in [1.165, 1.54) is 32.1 Å². The molecular weight excluding hydrogens is 148 g/mol. The fourth-order valence-electron chi connectivity index (χ4n) is 2.69. The van der Waals surface area contributed by atoms with Crippen LogP contribution in [0.3, 0.4) is 0 Å². The van der Waals surface area contributed by atoms with Crippen molar-refractivity contribution in [2.75, 3.05) is 6.54 Å². The Morgan fingerprint density at radius 1 is 1.25 bits per heavy atom. The average molecular weight is 164 g/mol. The van der Waals surface area contributed by atoms with Crippen molar-refractivity contribution in [3.63, 3.8) is 0 Å². The second kappa shape index (κ2) is 3.06. The second-order valence-corrected chi connectivity index (χ2v) is 4.33. The predicted molar refractivity (Wildman–Crippen MR) is 47.5 cm³/mol. The van der Waals surface area contributed by atoms with E-state index in [-0.39, 0.29) is 6.04 Å². The Morgan fingerprint density at radius 3 is 2.58 bits per heavy atom. The maximum atomic E-state index is 8.77. The summed E-state index contributed by atoms with van der Waals surface area (Å²) in [5.41, 5.74) is 0.513. The minimum atomic E-state index is 0.142. The first-order valence-corrected chi connectivity index (χ1v) is 4.98. The van der Waals surface area contributed by atoms with E-state index in [9.17, 15) is 0 Å². The van der Waals surface area contributed by atoms with Crippen LogP contribution in [0.1, 0.15) is 38.5 Å². The van der Waals surface area contributed by atoms with Gasteiger partial charge in [-0.3, -0.25) is 0 Å². The first-order valence-electron chi connectivity index (χ1n) is 4.98. The zero-order valence-corrected chi connectivity index (χ0v) is 7.47. The van der Waals surface area contributed by atoms with Gasteiger partial charge in [-0.25, -0.2) is 0 Å². The van der Waals surface area contributed by atoms with E-state index >= 15 is 0 Å². The van der Waals surface area contributed by atoms with Gasteiger partial charge in [0.1, 0.15) is 0 Å². The summed E-state index contributed by atoms with van der Waals surface area (Å²) in [7, 11) is 0. The van der Waals surface area contributed by atoms with Crippen molar-refractivity contribution in [2.45, 2.75) is 44.6 Å². The van der Waals surface area contributed by atoms with Gasteiger partial charge in [-0.05, 0) is 24.7 Å². The van der Waals surface area contributed by atoms with E-state index in [0.29, 0.717) is 5.41 Å². The summed E-state index contributed by atoms with van der Waals surface area (Å²) in [5.74, 6) is 0. The van der Waals surface area contributed by atoms with Crippen molar-refractivity contribution in [1.29, 1.82) is 5.26 Å². The fourth-order valence-corrected chi connectivity index (χ4v) is 2.69. The lowest BCUT2D eigenvalue weighted by atomic mass is 9.73. The van der Waals surface area contributed by atoms with Crippen LogP contribution in [0.15, 0.2) is 0 Å². The molecule has 0 aromatic rings. The van der Waals surface area contributed by atoms with Gasteiger partial charge in [-0.1, -0.05) is 19.3 Å². The van der Waals surface area contributed by atoms with Gasteiger partial charge >= 0.3 is 0 Å². The maximum Gasteiger partial charge on any atom is 0.0958 e. The van der Waals surface area contributed by atoms with Gasteiger partial charge in [0.2, 0.25) is 0 Å². The summed E-state index contributed by atoms with van der Waals surface area (Å²) < 4.78 is 0. The Morgan fingerprint density at radius 2 is 2.00 bits per heavy atom. The molecule has 1 spiro atoms. The Balaban J connectivity index is 1.99. The summed E-state index contributed by atoms with van der Waals surface area (Å²) >= 11 is 0. The molecular formula is C10H16N2. The van der Waals surface area contributed by atoms with Crippen LogP contribution in [0.5, 0.6) is 0 Å². The van der Waals surface area contributed by atoms with E-state index in [0.717, 1.165) is 13.0 Å². The van der Waals surface area contributed by atoms with Crippen LogP contribution < -0.4 is 5.32 Å². The molecule has 1 aliphatic heterocycles. The van der Waals surface area contributed by atoms with E-state index in [1.807, 2.05) is 0 Å². The molecule has 2 nitrogen and oxygen atoms in total. The standard InChI is InChI=1S/C10H16N2/c11-7-9-6-10(8-12-9)4-2-1-3-5-10/h9,12H,1-6,8H2/t9-/m0/s1. The van der Waals surface area contributed by atoms with Crippen LogP contribution >= 0.6 is 0 Å². The van der Waals surface area contributed by atoms with Gasteiger partial charge in [0.15, 0.2) is 0 Å². The number of nitrogens with zero attached hydrogens (tertiary/aromatic N) is 1. The lowest BCUT2D eigenvalue weighted by molar-refractivity contribution is 0.214. The SMILES string of the molecule is N#C[C@@H]1CC2(CCCCC2)CN1. The summed E-state index contributed by atoms with van der Waals surface area (Å²) in [4.78, 5) is 0. The Kier molecular flexibility index (Phi) is 2.06. The number of nitriles is 1. The summed E-state index contributed by atoms with van der Waals surface area (Å²) in [5, 5.41) is 12.1. The lowest BCUT2D eigenvalue weighted by Gasteiger charge is -2.32. The topological polar surface area (TPSA) is 35.8 Å². The highest BCUT2D eigenvalue weighted by Gasteiger charge is 2.39. The van der Waals surface area contributed by atoms with E-state index in [1.54, 1.807) is 0 Å². The average Bonchev–Trinajstić information content (AvgIpc) is 2.50. The maximum absolute atomic E-state index is 8.77. The quantitative estimate of drug-likeness (QED) is 0.593.